The third-order valence-electron chi connectivity index (χ3n) is 2.16. The van der Waals surface area contributed by atoms with Crippen molar-refractivity contribution in [1.29, 1.82) is 0 Å². The highest BCUT2D eigenvalue weighted by atomic mass is 16.5. The topological polar surface area (TPSA) is 34.1 Å². The van der Waals surface area contributed by atoms with Crippen molar-refractivity contribution >= 4 is 0 Å². The molecule has 1 aromatic heterocycles. The van der Waals surface area contributed by atoms with Crippen LogP contribution in [0.15, 0.2) is 18.2 Å². The van der Waals surface area contributed by atoms with Gasteiger partial charge in [0.25, 0.3) is 0 Å². The monoisotopic (exact) mass is 222 g/mol. The molecule has 1 heterocycles. The van der Waals surface area contributed by atoms with Crippen LogP contribution in [0.1, 0.15) is 38.6 Å². The fourth-order valence-corrected chi connectivity index (χ4v) is 1.35. The summed E-state index contributed by atoms with van der Waals surface area (Å²) < 4.78 is 5.53. The Morgan fingerprint density at radius 2 is 2.06 bits per heavy atom. The van der Waals surface area contributed by atoms with Crippen LogP contribution in [0.2, 0.25) is 0 Å². The van der Waals surface area contributed by atoms with Crippen LogP contribution in [0.25, 0.3) is 0 Å². The molecule has 1 aromatic rings. The zero-order chi connectivity index (χ0) is 11.8. The fraction of sp³-hybridized carbons (Fsp3) is 0.615. The number of nitrogens with zero attached hydrogens (tertiary/aromatic N) is 1. The molecule has 0 saturated heterocycles. The van der Waals surface area contributed by atoms with Gasteiger partial charge in [0.1, 0.15) is 0 Å². The minimum atomic E-state index is 0.253. The van der Waals surface area contributed by atoms with Crippen molar-refractivity contribution in [1.82, 2.24) is 10.3 Å². The van der Waals surface area contributed by atoms with Crippen molar-refractivity contribution in [3.05, 3.63) is 29.6 Å². The summed E-state index contributed by atoms with van der Waals surface area (Å²) in [6, 6.07) is 6.09. The summed E-state index contributed by atoms with van der Waals surface area (Å²) in [6.45, 7) is 8.70. The molecule has 1 rings (SSSR count). The van der Waals surface area contributed by atoms with Crippen LogP contribution < -0.4 is 5.32 Å². The molecule has 0 aliphatic heterocycles. The van der Waals surface area contributed by atoms with Crippen LogP contribution in [0.5, 0.6) is 0 Å². The van der Waals surface area contributed by atoms with Crippen LogP contribution in [-0.2, 0) is 17.9 Å². The lowest BCUT2D eigenvalue weighted by Gasteiger charge is -2.08. The fourth-order valence-electron chi connectivity index (χ4n) is 1.35. The minimum absolute atomic E-state index is 0.253. The highest BCUT2D eigenvalue weighted by Crippen LogP contribution is 2.03. The Kier molecular flexibility index (Phi) is 6.04. The van der Waals surface area contributed by atoms with E-state index in [9.17, 15) is 0 Å². The van der Waals surface area contributed by atoms with Gasteiger partial charge in [0.15, 0.2) is 0 Å². The number of rotatable bonds is 7. The molecule has 0 saturated carbocycles. The smallest absolute Gasteiger partial charge is 0.0891 e. The van der Waals surface area contributed by atoms with Gasteiger partial charge in [-0.1, -0.05) is 13.0 Å². The number of hydrogen-bond acceptors (Lipinski definition) is 3. The second-order valence-electron chi connectivity index (χ2n) is 4.16. The van der Waals surface area contributed by atoms with Gasteiger partial charge in [-0.3, -0.25) is 4.98 Å². The maximum atomic E-state index is 5.53. The van der Waals surface area contributed by atoms with Crippen molar-refractivity contribution in [2.75, 3.05) is 6.54 Å². The third-order valence-corrected chi connectivity index (χ3v) is 2.16. The molecule has 0 aliphatic rings. The van der Waals surface area contributed by atoms with Crippen LogP contribution in [-0.4, -0.2) is 17.6 Å². The zero-order valence-electron chi connectivity index (χ0n) is 10.5. The first-order valence-electron chi connectivity index (χ1n) is 5.99. The van der Waals surface area contributed by atoms with Crippen molar-refractivity contribution in [3.8, 4) is 0 Å². The summed E-state index contributed by atoms with van der Waals surface area (Å²) in [4.78, 5) is 4.53. The van der Waals surface area contributed by atoms with Crippen LogP contribution in [0, 0.1) is 0 Å². The van der Waals surface area contributed by atoms with E-state index < -0.39 is 0 Å². The van der Waals surface area contributed by atoms with Crippen LogP contribution in [0.3, 0.4) is 0 Å². The highest BCUT2D eigenvalue weighted by molar-refractivity contribution is 5.10. The largest absolute Gasteiger partial charge is 0.373 e. The molecule has 0 spiro atoms. The van der Waals surface area contributed by atoms with E-state index in [0.29, 0.717) is 6.61 Å². The third kappa shape index (κ3) is 5.24. The lowest BCUT2D eigenvalue weighted by atomic mass is 10.3. The zero-order valence-corrected chi connectivity index (χ0v) is 10.5. The van der Waals surface area contributed by atoms with Gasteiger partial charge in [0, 0.05) is 6.54 Å². The van der Waals surface area contributed by atoms with Gasteiger partial charge < -0.3 is 10.1 Å². The Morgan fingerprint density at radius 1 is 1.31 bits per heavy atom. The highest BCUT2D eigenvalue weighted by Gasteiger charge is 1.99. The van der Waals surface area contributed by atoms with E-state index in [2.05, 4.69) is 17.2 Å². The van der Waals surface area contributed by atoms with Crippen molar-refractivity contribution < 1.29 is 4.74 Å². The van der Waals surface area contributed by atoms with E-state index in [-0.39, 0.29) is 6.10 Å². The molecule has 0 unspecified atom stereocenters. The Labute approximate surface area is 98.2 Å². The Hall–Kier alpha value is -0.930. The van der Waals surface area contributed by atoms with Crippen LogP contribution in [0.4, 0.5) is 0 Å². The van der Waals surface area contributed by atoms with Crippen molar-refractivity contribution in [2.45, 2.75) is 46.4 Å². The molecule has 90 valence electrons. The molecular formula is C13H22N2O. The van der Waals surface area contributed by atoms with Gasteiger partial charge in [0.2, 0.25) is 0 Å². The Balaban J connectivity index is 2.43. The average Bonchev–Trinajstić information content (AvgIpc) is 2.27. The normalized spacial score (nSPS) is 11.0. The molecule has 16 heavy (non-hydrogen) atoms. The molecule has 0 fully saturated rings. The lowest BCUT2D eigenvalue weighted by Crippen LogP contribution is -2.15. The van der Waals surface area contributed by atoms with E-state index in [1.165, 1.54) is 0 Å². The van der Waals surface area contributed by atoms with E-state index in [1.54, 1.807) is 0 Å². The van der Waals surface area contributed by atoms with E-state index in [1.807, 2.05) is 32.0 Å². The summed E-state index contributed by atoms with van der Waals surface area (Å²) in [6.07, 6.45) is 1.40. The number of ether oxygens (including phenoxy) is 1. The summed E-state index contributed by atoms with van der Waals surface area (Å²) in [5.41, 5.74) is 2.09. The maximum absolute atomic E-state index is 5.53. The molecule has 3 heteroatoms. The minimum Gasteiger partial charge on any atom is -0.373 e. The first-order valence-corrected chi connectivity index (χ1v) is 5.99. The molecule has 0 bridgehead atoms. The predicted octanol–water partition coefficient (Wildman–Crippen LogP) is 2.51. The van der Waals surface area contributed by atoms with Crippen LogP contribution >= 0.6 is 0 Å². The van der Waals surface area contributed by atoms with Gasteiger partial charge in [-0.05, 0) is 38.9 Å². The number of nitrogens with one attached hydrogen (secondary N) is 1. The van der Waals surface area contributed by atoms with E-state index in [4.69, 9.17) is 4.74 Å². The average molecular weight is 222 g/mol. The van der Waals surface area contributed by atoms with Crippen molar-refractivity contribution in [2.24, 2.45) is 0 Å². The lowest BCUT2D eigenvalue weighted by molar-refractivity contribution is 0.0635. The number of hydrogen-bond donors (Lipinski definition) is 1. The molecule has 1 N–H and O–H groups in total. The molecular weight excluding hydrogens is 200 g/mol. The molecule has 3 nitrogen and oxygen atoms in total. The molecule has 0 atom stereocenters. The SMILES string of the molecule is CCCNCc1cccc(COC(C)C)n1. The van der Waals surface area contributed by atoms with Gasteiger partial charge in [-0.15, -0.1) is 0 Å². The Morgan fingerprint density at radius 3 is 2.75 bits per heavy atom. The van der Waals surface area contributed by atoms with E-state index in [0.717, 1.165) is 30.9 Å². The van der Waals surface area contributed by atoms with E-state index >= 15 is 0 Å². The molecule has 0 radical (unpaired) electrons. The first kappa shape index (κ1) is 13.1. The van der Waals surface area contributed by atoms with Crippen molar-refractivity contribution in [3.63, 3.8) is 0 Å². The quantitative estimate of drug-likeness (QED) is 0.720. The van der Waals surface area contributed by atoms with Gasteiger partial charge in [-0.2, -0.15) is 0 Å². The number of pyridine rings is 1. The second-order valence-corrected chi connectivity index (χ2v) is 4.16. The first-order chi connectivity index (χ1) is 7.72. The Bertz CT molecular complexity index is 300. The summed E-state index contributed by atoms with van der Waals surface area (Å²) in [5.74, 6) is 0. The van der Waals surface area contributed by atoms with Gasteiger partial charge in [-0.25, -0.2) is 0 Å². The predicted molar refractivity (Wildman–Crippen MR) is 66.2 cm³/mol. The van der Waals surface area contributed by atoms with Gasteiger partial charge >= 0.3 is 0 Å². The van der Waals surface area contributed by atoms with Gasteiger partial charge in [0.05, 0.1) is 24.1 Å². The standard InChI is InChI=1S/C13H22N2O/c1-4-8-14-9-12-6-5-7-13(15-12)10-16-11(2)3/h5-7,11,14H,4,8-10H2,1-3H3. The molecule has 0 amide bonds. The number of aromatic nitrogens is 1. The summed E-state index contributed by atoms with van der Waals surface area (Å²) >= 11 is 0. The molecule has 0 aromatic carbocycles. The summed E-state index contributed by atoms with van der Waals surface area (Å²) in [5, 5.41) is 3.34. The molecule has 0 aliphatic carbocycles. The maximum Gasteiger partial charge on any atom is 0.0891 e. The second kappa shape index (κ2) is 7.36. The summed E-state index contributed by atoms with van der Waals surface area (Å²) in [7, 11) is 0.